The molecule has 4 N–H and O–H groups in total. The fourth-order valence-electron chi connectivity index (χ4n) is 5.19. The molecule has 0 spiro atoms. The van der Waals surface area contributed by atoms with Crippen LogP contribution in [0.25, 0.3) is 5.69 Å². The van der Waals surface area contributed by atoms with Gasteiger partial charge in [-0.05, 0) is 66.7 Å². The van der Waals surface area contributed by atoms with Crippen molar-refractivity contribution in [3.63, 3.8) is 0 Å². The highest BCUT2D eigenvalue weighted by molar-refractivity contribution is 5.94. The van der Waals surface area contributed by atoms with Gasteiger partial charge < -0.3 is 16.2 Å². The molecule has 3 aromatic rings. The summed E-state index contributed by atoms with van der Waals surface area (Å²) in [6, 6.07) is 16.0. The summed E-state index contributed by atoms with van der Waals surface area (Å²) in [6.45, 7) is 1.57. The molecule has 0 radical (unpaired) electrons. The molecule has 2 aliphatic carbocycles. The van der Waals surface area contributed by atoms with Gasteiger partial charge in [0.25, 0.3) is 5.91 Å². The van der Waals surface area contributed by atoms with Crippen molar-refractivity contribution in [2.24, 2.45) is 11.7 Å². The average Bonchev–Trinajstić information content (AvgIpc) is 3.67. The highest BCUT2D eigenvalue weighted by Gasteiger charge is 2.43. The van der Waals surface area contributed by atoms with Crippen LogP contribution >= 0.6 is 0 Å². The molecule has 1 heterocycles. The van der Waals surface area contributed by atoms with Crippen molar-refractivity contribution in [3.05, 3.63) is 107 Å². The molecule has 1 amide bonds. The number of benzene rings is 2. The van der Waals surface area contributed by atoms with E-state index in [0.29, 0.717) is 35.1 Å². The number of nitrogens with two attached hydrogens (primary N) is 1. The van der Waals surface area contributed by atoms with Crippen LogP contribution in [0.4, 0.5) is 17.6 Å². The average molecular weight is 569 g/mol. The molecule has 1 aromatic heterocycles. The van der Waals surface area contributed by atoms with E-state index in [0.717, 1.165) is 23.9 Å². The predicted molar refractivity (Wildman–Crippen MR) is 147 cm³/mol. The van der Waals surface area contributed by atoms with E-state index in [1.165, 1.54) is 37.3 Å². The maximum absolute atomic E-state index is 15.5. The number of hydrogen-bond donors (Lipinski definition) is 3. The Morgan fingerprint density at radius 2 is 1.88 bits per heavy atom. The van der Waals surface area contributed by atoms with Gasteiger partial charge in [-0.3, -0.25) is 4.79 Å². The molecule has 3 unspecified atom stereocenters. The Kier molecular flexibility index (Phi) is 7.65. The largest absolute Gasteiger partial charge is 0.435 e. The molecule has 10 heteroatoms. The van der Waals surface area contributed by atoms with E-state index in [9.17, 15) is 23.1 Å². The first kappa shape index (κ1) is 28.8. The van der Waals surface area contributed by atoms with Crippen LogP contribution in [-0.4, -0.2) is 32.5 Å². The maximum Gasteiger partial charge on any atom is 0.435 e. The second-order valence-electron chi connectivity index (χ2n) is 11.0. The van der Waals surface area contributed by atoms with Crippen LogP contribution in [0.3, 0.4) is 0 Å². The second-order valence-corrected chi connectivity index (χ2v) is 11.0. The third-order valence-corrected chi connectivity index (χ3v) is 7.82. The van der Waals surface area contributed by atoms with Crippen molar-refractivity contribution in [1.82, 2.24) is 15.1 Å². The van der Waals surface area contributed by atoms with Gasteiger partial charge in [-0.1, -0.05) is 61.4 Å². The summed E-state index contributed by atoms with van der Waals surface area (Å²) < 4.78 is 57.3. The molecule has 0 bridgehead atoms. The van der Waals surface area contributed by atoms with Crippen LogP contribution in [0.5, 0.6) is 0 Å². The Labute approximate surface area is 235 Å². The normalized spacial score (nSPS) is 22.2. The van der Waals surface area contributed by atoms with Gasteiger partial charge in [-0.2, -0.15) is 18.3 Å². The third kappa shape index (κ3) is 5.99. The standard InChI is InChI=1S/C31H32F4N4O2/c1-29(18-23(12-13-26(29)32)30(41,15-14-20-10-11-20)22-7-3-2-4-8-22)37-28(40)25-17-27(31(33,34)35)38-39(25)24-9-5-6-21(16-24)19-36/h2-9,12-13,16-18,20,26,41H,10-11,14-15,19,36H2,1H3,(H,37,40). The summed E-state index contributed by atoms with van der Waals surface area (Å²) in [6.07, 6.45) is 1.09. The summed E-state index contributed by atoms with van der Waals surface area (Å²) >= 11 is 0. The van der Waals surface area contributed by atoms with Crippen LogP contribution in [-0.2, 0) is 18.3 Å². The number of alkyl halides is 4. The number of rotatable bonds is 9. The van der Waals surface area contributed by atoms with Crippen LogP contribution in [0.2, 0.25) is 0 Å². The molecule has 3 atom stereocenters. The van der Waals surface area contributed by atoms with Crippen LogP contribution in [0, 0.1) is 5.92 Å². The van der Waals surface area contributed by atoms with E-state index < -0.39 is 40.8 Å². The van der Waals surface area contributed by atoms with Crippen molar-refractivity contribution in [2.45, 2.75) is 62.6 Å². The van der Waals surface area contributed by atoms with E-state index >= 15 is 4.39 Å². The molecule has 6 nitrogen and oxygen atoms in total. The molecule has 216 valence electrons. The van der Waals surface area contributed by atoms with Crippen LogP contribution in [0.15, 0.2) is 84.5 Å². The summed E-state index contributed by atoms with van der Waals surface area (Å²) in [5, 5.41) is 18.2. The first-order valence-electron chi connectivity index (χ1n) is 13.6. The summed E-state index contributed by atoms with van der Waals surface area (Å²) in [7, 11) is 0. The summed E-state index contributed by atoms with van der Waals surface area (Å²) in [5.41, 5.74) is 2.77. The van der Waals surface area contributed by atoms with Gasteiger partial charge in [0.15, 0.2) is 5.69 Å². The van der Waals surface area contributed by atoms with Gasteiger partial charge in [0.05, 0.1) is 11.2 Å². The molecule has 1 saturated carbocycles. The lowest BCUT2D eigenvalue weighted by atomic mass is 9.76. The van der Waals surface area contributed by atoms with Crippen molar-refractivity contribution in [3.8, 4) is 5.69 Å². The van der Waals surface area contributed by atoms with Crippen molar-refractivity contribution in [2.75, 3.05) is 0 Å². The smallest absolute Gasteiger partial charge is 0.380 e. The SMILES string of the molecule is CC1(NC(=O)c2cc(C(F)(F)F)nn2-c2cccc(CN)c2)C=C(C(O)(CCC2CC2)c2ccccc2)C=CC1F. The molecule has 2 aromatic carbocycles. The van der Waals surface area contributed by atoms with Crippen LogP contribution in [0.1, 0.15) is 59.9 Å². The third-order valence-electron chi connectivity index (χ3n) is 7.82. The molecule has 0 aliphatic heterocycles. The Morgan fingerprint density at radius 1 is 1.15 bits per heavy atom. The van der Waals surface area contributed by atoms with E-state index in [1.54, 1.807) is 24.3 Å². The fraction of sp³-hybridized carbons (Fsp3) is 0.355. The van der Waals surface area contributed by atoms with E-state index in [1.807, 2.05) is 18.2 Å². The number of amides is 1. The molecule has 0 saturated heterocycles. The minimum Gasteiger partial charge on any atom is -0.380 e. The van der Waals surface area contributed by atoms with Gasteiger partial charge in [0, 0.05) is 12.6 Å². The van der Waals surface area contributed by atoms with Crippen LogP contribution < -0.4 is 11.1 Å². The van der Waals surface area contributed by atoms with E-state index in [-0.39, 0.29) is 12.2 Å². The molecular weight excluding hydrogens is 536 g/mol. The van der Waals surface area contributed by atoms with Gasteiger partial charge in [-0.15, -0.1) is 0 Å². The number of aromatic nitrogens is 2. The Hall–Kier alpha value is -3.76. The molecule has 2 aliphatic rings. The number of halogens is 4. The topological polar surface area (TPSA) is 93.2 Å². The molecule has 41 heavy (non-hydrogen) atoms. The highest BCUT2D eigenvalue weighted by Crippen LogP contribution is 2.43. The lowest BCUT2D eigenvalue weighted by Crippen LogP contribution is -2.53. The van der Waals surface area contributed by atoms with Gasteiger partial charge in [-0.25, -0.2) is 9.07 Å². The number of hydrogen-bond acceptors (Lipinski definition) is 4. The van der Waals surface area contributed by atoms with E-state index in [2.05, 4.69) is 10.4 Å². The summed E-state index contributed by atoms with van der Waals surface area (Å²) in [4.78, 5) is 13.6. The Bertz CT molecular complexity index is 1480. The minimum absolute atomic E-state index is 0.134. The lowest BCUT2D eigenvalue weighted by molar-refractivity contribution is -0.141. The highest BCUT2D eigenvalue weighted by atomic mass is 19.4. The number of carbonyl (C=O) groups is 1. The first-order chi connectivity index (χ1) is 19.4. The van der Waals surface area contributed by atoms with Gasteiger partial charge in [0.1, 0.15) is 17.5 Å². The van der Waals surface area contributed by atoms with E-state index in [4.69, 9.17) is 5.73 Å². The molecular formula is C31H32F4N4O2. The quantitative estimate of drug-likeness (QED) is 0.287. The maximum atomic E-state index is 15.5. The predicted octanol–water partition coefficient (Wildman–Crippen LogP) is 5.75. The van der Waals surface area contributed by atoms with Crippen molar-refractivity contribution in [1.29, 1.82) is 0 Å². The zero-order valence-corrected chi connectivity index (χ0v) is 22.5. The van der Waals surface area contributed by atoms with Gasteiger partial charge >= 0.3 is 6.18 Å². The number of aliphatic hydroxyl groups is 1. The Balaban J connectivity index is 1.51. The monoisotopic (exact) mass is 568 g/mol. The zero-order chi connectivity index (χ0) is 29.4. The fourth-order valence-corrected chi connectivity index (χ4v) is 5.19. The molecule has 1 fully saturated rings. The van der Waals surface area contributed by atoms with Crippen molar-refractivity contribution >= 4 is 5.91 Å². The number of nitrogens with one attached hydrogen (secondary N) is 1. The first-order valence-corrected chi connectivity index (χ1v) is 13.6. The van der Waals surface area contributed by atoms with Gasteiger partial charge in [0.2, 0.25) is 0 Å². The zero-order valence-electron chi connectivity index (χ0n) is 22.5. The lowest BCUT2D eigenvalue weighted by Gasteiger charge is -2.38. The molecule has 5 rings (SSSR count). The van der Waals surface area contributed by atoms with Crippen molar-refractivity contribution < 1.29 is 27.5 Å². The second kappa shape index (κ2) is 10.9. The number of nitrogens with zero attached hydrogens (tertiary/aromatic N) is 2. The minimum atomic E-state index is -4.81. The number of carbonyl (C=O) groups excluding carboxylic acids is 1. The Morgan fingerprint density at radius 3 is 2.54 bits per heavy atom. The summed E-state index contributed by atoms with van der Waals surface area (Å²) in [5.74, 6) is -0.428.